The number of benzene rings is 2. The van der Waals surface area contributed by atoms with Gasteiger partial charge in [0, 0.05) is 0 Å². The van der Waals surface area contributed by atoms with Crippen LogP contribution in [0.1, 0.15) is 5.56 Å². The Labute approximate surface area is 106 Å². The molecule has 0 heterocycles. The first-order chi connectivity index (χ1) is 8.75. The molecular formula is C14H13BO3. The van der Waals surface area contributed by atoms with E-state index in [2.05, 4.69) is 16.8 Å². The third-order valence-electron chi connectivity index (χ3n) is 2.48. The fraction of sp³-hybridized carbons (Fsp3) is 0. The van der Waals surface area contributed by atoms with Crippen molar-refractivity contribution < 1.29 is 14.7 Å². The molecule has 0 saturated heterocycles. The molecule has 0 aliphatic carbocycles. The Hall–Kier alpha value is -2.04. The molecule has 0 fully saturated rings. The molecule has 0 aliphatic heterocycles. The van der Waals surface area contributed by atoms with Gasteiger partial charge in [-0.1, -0.05) is 54.6 Å². The second-order valence-corrected chi connectivity index (χ2v) is 3.75. The van der Waals surface area contributed by atoms with Gasteiger partial charge in [0.05, 0.1) is 6.26 Å². The highest BCUT2D eigenvalue weighted by Gasteiger charge is 2.05. The molecule has 4 heteroatoms. The molecule has 2 rings (SSSR count). The molecule has 0 amide bonds. The molecule has 18 heavy (non-hydrogen) atoms. The second-order valence-electron chi connectivity index (χ2n) is 3.75. The summed E-state index contributed by atoms with van der Waals surface area (Å²) >= 11 is 0. The summed E-state index contributed by atoms with van der Waals surface area (Å²) in [5.41, 5.74) is 3.22. The zero-order valence-electron chi connectivity index (χ0n) is 9.73. The summed E-state index contributed by atoms with van der Waals surface area (Å²) in [5.74, 6) is 0. The van der Waals surface area contributed by atoms with Gasteiger partial charge in [-0.2, -0.15) is 0 Å². The van der Waals surface area contributed by atoms with Crippen LogP contribution in [0.15, 0.2) is 60.9 Å². The average molecular weight is 240 g/mol. The van der Waals surface area contributed by atoms with E-state index in [-0.39, 0.29) is 0 Å². The summed E-state index contributed by atoms with van der Waals surface area (Å²) < 4.78 is 4.49. The molecule has 0 aromatic heterocycles. The molecule has 0 atom stereocenters. The maximum Gasteiger partial charge on any atom is 0.707 e. The van der Waals surface area contributed by atoms with Crippen molar-refractivity contribution in [1.29, 1.82) is 0 Å². The van der Waals surface area contributed by atoms with E-state index in [0.29, 0.717) is 0 Å². The topological polar surface area (TPSA) is 49.7 Å². The fourth-order valence-corrected chi connectivity index (χ4v) is 1.61. The van der Waals surface area contributed by atoms with Gasteiger partial charge in [0.2, 0.25) is 0 Å². The Bertz CT molecular complexity index is 506. The van der Waals surface area contributed by atoms with Gasteiger partial charge < -0.3 is 14.7 Å². The Morgan fingerprint density at radius 1 is 0.833 bits per heavy atom. The van der Waals surface area contributed by atoms with Crippen LogP contribution in [0.5, 0.6) is 0 Å². The van der Waals surface area contributed by atoms with Crippen LogP contribution in [0.2, 0.25) is 0 Å². The summed E-state index contributed by atoms with van der Waals surface area (Å²) in [7, 11) is -1.77. The van der Waals surface area contributed by atoms with Crippen LogP contribution in [0.3, 0.4) is 0 Å². The molecular weight excluding hydrogens is 227 g/mol. The predicted octanol–water partition coefficient (Wildman–Crippen LogP) is 2.31. The van der Waals surface area contributed by atoms with Gasteiger partial charge in [-0.3, -0.25) is 0 Å². The van der Waals surface area contributed by atoms with Crippen molar-refractivity contribution in [3.8, 4) is 11.1 Å². The minimum Gasteiger partial charge on any atom is -0.518 e. The highest BCUT2D eigenvalue weighted by Crippen LogP contribution is 2.19. The predicted molar refractivity (Wildman–Crippen MR) is 72.2 cm³/mol. The highest BCUT2D eigenvalue weighted by molar-refractivity contribution is 6.32. The maximum atomic E-state index is 8.51. The summed E-state index contributed by atoms with van der Waals surface area (Å²) in [6.07, 6.45) is 2.91. The van der Waals surface area contributed by atoms with E-state index < -0.39 is 7.32 Å². The Kier molecular flexibility index (Phi) is 4.17. The van der Waals surface area contributed by atoms with Gasteiger partial charge in [-0.15, -0.1) is 0 Å². The van der Waals surface area contributed by atoms with E-state index in [9.17, 15) is 0 Å². The first kappa shape index (κ1) is 12.4. The number of hydrogen-bond acceptors (Lipinski definition) is 3. The van der Waals surface area contributed by atoms with E-state index in [1.165, 1.54) is 6.26 Å². The van der Waals surface area contributed by atoms with Crippen molar-refractivity contribution in [2.24, 2.45) is 0 Å². The largest absolute Gasteiger partial charge is 0.707 e. The zero-order chi connectivity index (χ0) is 12.8. The van der Waals surface area contributed by atoms with Gasteiger partial charge in [0.25, 0.3) is 0 Å². The second kappa shape index (κ2) is 6.05. The lowest BCUT2D eigenvalue weighted by atomic mass is 10.0. The van der Waals surface area contributed by atoms with Gasteiger partial charge >= 0.3 is 7.32 Å². The third kappa shape index (κ3) is 3.48. The van der Waals surface area contributed by atoms with Crippen LogP contribution in [-0.2, 0) is 4.65 Å². The monoisotopic (exact) mass is 240 g/mol. The van der Waals surface area contributed by atoms with E-state index in [1.807, 2.05) is 42.5 Å². The van der Waals surface area contributed by atoms with Gasteiger partial charge in [0.1, 0.15) is 0 Å². The molecule has 90 valence electrons. The molecule has 0 saturated carbocycles. The standard InChI is InChI=1S/C14H13BO3/c16-15(17)18-11-10-12-6-8-14(9-7-12)13-4-2-1-3-5-13/h1-11,16-17H/b11-10+. The smallest absolute Gasteiger partial charge is 0.518 e. The minimum absolute atomic E-state index is 0.926. The van der Waals surface area contributed by atoms with Crippen molar-refractivity contribution in [2.45, 2.75) is 0 Å². The summed E-state index contributed by atoms with van der Waals surface area (Å²) in [6.45, 7) is 0. The van der Waals surface area contributed by atoms with Crippen LogP contribution < -0.4 is 0 Å². The molecule has 2 aromatic carbocycles. The van der Waals surface area contributed by atoms with Gasteiger partial charge in [-0.25, -0.2) is 0 Å². The third-order valence-corrected chi connectivity index (χ3v) is 2.48. The molecule has 0 aliphatic rings. The number of hydrogen-bond donors (Lipinski definition) is 2. The summed E-state index contributed by atoms with van der Waals surface area (Å²) in [5, 5.41) is 17.0. The molecule has 0 unspecified atom stereocenters. The Balaban J connectivity index is 2.09. The van der Waals surface area contributed by atoms with Gasteiger partial charge in [-0.05, 0) is 22.8 Å². The van der Waals surface area contributed by atoms with Gasteiger partial charge in [0.15, 0.2) is 0 Å². The van der Waals surface area contributed by atoms with Crippen molar-refractivity contribution >= 4 is 13.4 Å². The first-order valence-corrected chi connectivity index (χ1v) is 5.59. The molecule has 0 spiro atoms. The Morgan fingerprint density at radius 2 is 1.44 bits per heavy atom. The molecule has 3 nitrogen and oxygen atoms in total. The maximum absolute atomic E-state index is 8.51. The van der Waals surface area contributed by atoms with E-state index in [0.717, 1.165) is 16.7 Å². The first-order valence-electron chi connectivity index (χ1n) is 5.59. The lowest BCUT2D eigenvalue weighted by Crippen LogP contribution is -2.12. The van der Waals surface area contributed by atoms with E-state index in [1.54, 1.807) is 6.08 Å². The van der Waals surface area contributed by atoms with E-state index in [4.69, 9.17) is 10.0 Å². The molecule has 2 N–H and O–H groups in total. The zero-order valence-corrected chi connectivity index (χ0v) is 9.73. The minimum atomic E-state index is -1.77. The molecule has 0 bridgehead atoms. The van der Waals surface area contributed by atoms with Crippen molar-refractivity contribution in [3.63, 3.8) is 0 Å². The van der Waals surface area contributed by atoms with Crippen LogP contribution >= 0.6 is 0 Å². The van der Waals surface area contributed by atoms with Crippen molar-refractivity contribution in [3.05, 3.63) is 66.4 Å². The van der Waals surface area contributed by atoms with Crippen molar-refractivity contribution in [1.82, 2.24) is 0 Å². The quantitative estimate of drug-likeness (QED) is 0.636. The summed E-state index contributed by atoms with van der Waals surface area (Å²) in [6, 6.07) is 18.0. The van der Waals surface area contributed by atoms with Crippen LogP contribution in [0.4, 0.5) is 0 Å². The van der Waals surface area contributed by atoms with Crippen LogP contribution in [0.25, 0.3) is 17.2 Å². The molecule has 0 radical (unpaired) electrons. The molecule has 2 aromatic rings. The Morgan fingerprint density at radius 3 is 2.06 bits per heavy atom. The fourth-order valence-electron chi connectivity index (χ4n) is 1.61. The lowest BCUT2D eigenvalue weighted by molar-refractivity contribution is 0.258. The van der Waals surface area contributed by atoms with Crippen molar-refractivity contribution in [2.75, 3.05) is 0 Å². The SMILES string of the molecule is OB(O)O/C=C/c1ccc(-c2ccccc2)cc1. The lowest BCUT2D eigenvalue weighted by Gasteiger charge is -2.02. The highest BCUT2D eigenvalue weighted by atomic mass is 16.6. The van der Waals surface area contributed by atoms with E-state index >= 15 is 0 Å². The van der Waals surface area contributed by atoms with Crippen LogP contribution in [-0.4, -0.2) is 17.4 Å². The van der Waals surface area contributed by atoms with Crippen LogP contribution in [0, 0.1) is 0 Å². The normalized spacial score (nSPS) is 10.6. The average Bonchev–Trinajstić information content (AvgIpc) is 2.40. The number of rotatable bonds is 4. The summed E-state index contributed by atoms with van der Waals surface area (Å²) in [4.78, 5) is 0.